The summed E-state index contributed by atoms with van der Waals surface area (Å²) < 4.78 is 6.10. The third-order valence-electron chi connectivity index (χ3n) is 2.95. The minimum absolute atomic E-state index is 0.0444. The molecule has 1 aliphatic heterocycles. The maximum absolute atomic E-state index is 12.1. The summed E-state index contributed by atoms with van der Waals surface area (Å²) in [5.74, 6) is -0.0524. The molecule has 2 atom stereocenters. The van der Waals surface area contributed by atoms with Gasteiger partial charge in [-0.25, -0.2) is 0 Å². The van der Waals surface area contributed by atoms with E-state index in [2.05, 4.69) is 10.6 Å². The molecule has 1 aliphatic rings. The lowest BCUT2D eigenvalue weighted by molar-refractivity contribution is -0.125. The molecule has 6 heteroatoms. The third-order valence-corrected chi connectivity index (χ3v) is 4.18. The SMILES string of the molecule is CCNC1COCC1C(=O)NCc1ccc(Cl)s1. The number of ether oxygens (including phenoxy) is 1. The second kappa shape index (κ2) is 6.52. The van der Waals surface area contributed by atoms with Crippen LogP contribution in [0.3, 0.4) is 0 Å². The van der Waals surface area contributed by atoms with Crippen molar-refractivity contribution >= 4 is 28.8 Å². The average molecular weight is 289 g/mol. The molecule has 1 saturated heterocycles. The zero-order valence-electron chi connectivity index (χ0n) is 10.2. The van der Waals surface area contributed by atoms with Crippen molar-refractivity contribution in [2.45, 2.75) is 19.5 Å². The molecule has 1 aromatic rings. The Labute approximate surface area is 116 Å². The maximum atomic E-state index is 12.1. The van der Waals surface area contributed by atoms with Gasteiger partial charge in [0.15, 0.2) is 0 Å². The largest absolute Gasteiger partial charge is 0.379 e. The van der Waals surface area contributed by atoms with Gasteiger partial charge in [-0.15, -0.1) is 11.3 Å². The van der Waals surface area contributed by atoms with Gasteiger partial charge in [0.25, 0.3) is 0 Å². The number of nitrogens with one attached hydrogen (secondary N) is 2. The topological polar surface area (TPSA) is 50.4 Å². The van der Waals surface area contributed by atoms with Crippen molar-refractivity contribution in [2.24, 2.45) is 5.92 Å². The van der Waals surface area contributed by atoms with E-state index in [-0.39, 0.29) is 17.9 Å². The van der Waals surface area contributed by atoms with Crippen molar-refractivity contribution in [3.8, 4) is 0 Å². The number of amides is 1. The van der Waals surface area contributed by atoms with E-state index >= 15 is 0 Å². The fourth-order valence-electron chi connectivity index (χ4n) is 2.03. The van der Waals surface area contributed by atoms with Crippen LogP contribution in [0.15, 0.2) is 12.1 Å². The highest BCUT2D eigenvalue weighted by molar-refractivity contribution is 7.16. The Morgan fingerprint density at radius 1 is 1.56 bits per heavy atom. The van der Waals surface area contributed by atoms with E-state index in [1.165, 1.54) is 11.3 Å². The van der Waals surface area contributed by atoms with Crippen LogP contribution < -0.4 is 10.6 Å². The molecule has 4 nitrogen and oxygen atoms in total. The number of hydrogen-bond acceptors (Lipinski definition) is 4. The van der Waals surface area contributed by atoms with Gasteiger partial charge in [-0.1, -0.05) is 18.5 Å². The van der Waals surface area contributed by atoms with E-state index in [1.807, 2.05) is 19.1 Å². The average Bonchev–Trinajstić information content (AvgIpc) is 2.96. The monoisotopic (exact) mass is 288 g/mol. The molecule has 0 aromatic carbocycles. The van der Waals surface area contributed by atoms with Crippen LogP contribution in [0.2, 0.25) is 4.34 Å². The molecule has 0 aliphatic carbocycles. The fraction of sp³-hybridized carbons (Fsp3) is 0.583. The Morgan fingerprint density at radius 2 is 2.39 bits per heavy atom. The van der Waals surface area contributed by atoms with Crippen LogP contribution in [0, 0.1) is 5.92 Å². The summed E-state index contributed by atoms with van der Waals surface area (Å²) in [7, 11) is 0. The number of hydrogen-bond donors (Lipinski definition) is 2. The van der Waals surface area contributed by atoms with Crippen LogP contribution in [0.4, 0.5) is 0 Å². The predicted molar refractivity (Wildman–Crippen MR) is 72.9 cm³/mol. The van der Waals surface area contributed by atoms with Crippen LogP contribution in [-0.4, -0.2) is 31.7 Å². The first-order valence-corrected chi connectivity index (χ1v) is 7.23. The van der Waals surface area contributed by atoms with Gasteiger partial charge in [0, 0.05) is 10.9 Å². The van der Waals surface area contributed by atoms with E-state index in [9.17, 15) is 4.79 Å². The van der Waals surface area contributed by atoms with Crippen molar-refractivity contribution < 1.29 is 9.53 Å². The van der Waals surface area contributed by atoms with Crippen molar-refractivity contribution in [3.63, 3.8) is 0 Å². The first-order chi connectivity index (χ1) is 8.70. The predicted octanol–water partition coefficient (Wildman–Crippen LogP) is 1.64. The second-order valence-corrected chi connectivity index (χ2v) is 6.03. The summed E-state index contributed by atoms with van der Waals surface area (Å²) in [4.78, 5) is 13.1. The highest BCUT2D eigenvalue weighted by atomic mass is 35.5. The minimum atomic E-state index is -0.0969. The van der Waals surface area contributed by atoms with Crippen molar-refractivity contribution in [3.05, 3.63) is 21.3 Å². The number of rotatable bonds is 5. The van der Waals surface area contributed by atoms with Crippen LogP contribution >= 0.6 is 22.9 Å². The van der Waals surface area contributed by atoms with E-state index in [0.717, 1.165) is 15.8 Å². The van der Waals surface area contributed by atoms with Gasteiger partial charge in [-0.3, -0.25) is 4.79 Å². The number of carbonyl (C=O) groups is 1. The lowest BCUT2D eigenvalue weighted by Gasteiger charge is -2.17. The van der Waals surface area contributed by atoms with Crippen LogP contribution in [0.25, 0.3) is 0 Å². The fourth-order valence-corrected chi connectivity index (χ4v) is 3.06. The summed E-state index contributed by atoms with van der Waals surface area (Å²) in [6.07, 6.45) is 0. The third kappa shape index (κ3) is 3.45. The molecule has 1 aromatic heterocycles. The lowest BCUT2D eigenvalue weighted by atomic mass is 10.0. The van der Waals surface area contributed by atoms with Crippen LogP contribution in [0.1, 0.15) is 11.8 Å². The van der Waals surface area contributed by atoms with Gasteiger partial charge in [0.05, 0.1) is 30.0 Å². The van der Waals surface area contributed by atoms with E-state index in [0.29, 0.717) is 19.8 Å². The summed E-state index contributed by atoms with van der Waals surface area (Å²) >= 11 is 7.33. The number of thiophene rings is 1. The van der Waals surface area contributed by atoms with Gasteiger partial charge in [-0.05, 0) is 18.7 Å². The van der Waals surface area contributed by atoms with Crippen LogP contribution in [0.5, 0.6) is 0 Å². The standard InChI is InChI=1S/C12H17ClN2O2S/c1-2-14-10-7-17-6-9(10)12(16)15-5-8-3-4-11(13)18-8/h3-4,9-10,14H,2,5-7H2,1H3,(H,15,16). The summed E-state index contributed by atoms with van der Waals surface area (Å²) in [5, 5.41) is 6.21. The number of likely N-dealkylation sites (N-methyl/N-ethyl adjacent to an activating group) is 1. The Morgan fingerprint density at radius 3 is 3.06 bits per heavy atom. The molecule has 1 amide bonds. The highest BCUT2D eigenvalue weighted by Crippen LogP contribution is 2.21. The maximum Gasteiger partial charge on any atom is 0.227 e. The zero-order chi connectivity index (χ0) is 13.0. The van der Waals surface area contributed by atoms with Gasteiger partial charge < -0.3 is 15.4 Å². The molecular weight excluding hydrogens is 272 g/mol. The number of carbonyl (C=O) groups excluding carboxylic acids is 1. The first kappa shape index (κ1) is 13.8. The molecule has 2 heterocycles. The van der Waals surface area contributed by atoms with E-state index in [1.54, 1.807) is 0 Å². The lowest BCUT2D eigenvalue weighted by Crippen LogP contribution is -2.43. The Balaban J connectivity index is 1.83. The number of halogens is 1. The first-order valence-electron chi connectivity index (χ1n) is 6.03. The van der Waals surface area contributed by atoms with Crippen LogP contribution in [-0.2, 0) is 16.1 Å². The molecule has 0 radical (unpaired) electrons. The summed E-state index contributed by atoms with van der Waals surface area (Å²) in [5.41, 5.74) is 0. The molecular formula is C12H17ClN2O2S. The normalized spacial score (nSPS) is 23.2. The van der Waals surface area contributed by atoms with Crippen molar-refractivity contribution in [1.29, 1.82) is 0 Å². The molecule has 100 valence electrons. The molecule has 18 heavy (non-hydrogen) atoms. The molecule has 0 spiro atoms. The summed E-state index contributed by atoms with van der Waals surface area (Å²) in [6, 6.07) is 3.90. The van der Waals surface area contributed by atoms with E-state index in [4.69, 9.17) is 16.3 Å². The Kier molecular flexibility index (Phi) is 5.00. The van der Waals surface area contributed by atoms with Gasteiger partial charge in [0.1, 0.15) is 0 Å². The molecule has 0 saturated carbocycles. The second-order valence-electron chi connectivity index (χ2n) is 4.23. The molecule has 2 unspecified atom stereocenters. The van der Waals surface area contributed by atoms with Crippen molar-refractivity contribution in [2.75, 3.05) is 19.8 Å². The minimum Gasteiger partial charge on any atom is -0.379 e. The zero-order valence-corrected chi connectivity index (χ0v) is 11.8. The highest BCUT2D eigenvalue weighted by Gasteiger charge is 2.33. The molecule has 1 fully saturated rings. The molecule has 2 rings (SSSR count). The van der Waals surface area contributed by atoms with Gasteiger partial charge in [0.2, 0.25) is 5.91 Å². The van der Waals surface area contributed by atoms with Crippen molar-refractivity contribution in [1.82, 2.24) is 10.6 Å². The summed E-state index contributed by atoms with van der Waals surface area (Å²) in [6.45, 7) is 4.51. The Bertz CT molecular complexity index is 411. The quantitative estimate of drug-likeness (QED) is 0.866. The van der Waals surface area contributed by atoms with Gasteiger partial charge in [-0.2, -0.15) is 0 Å². The van der Waals surface area contributed by atoms with Gasteiger partial charge >= 0.3 is 0 Å². The van der Waals surface area contributed by atoms with E-state index < -0.39 is 0 Å². The molecule has 0 bridgehead atoms. The Hall–Kier alpha value is -0.620. The smallest absolute Gasteiger partial charge is 0.227 e. The molecule has 2 N–H and O–H groups in total.